The number of carboxylic acid groups (broad SMARTS) is 1. The molecule has 1 aliphatic heterocycles. The maximum absolute atomic E-state index is 13.2. The Labute approximate surface area is 116 Å². The quantitative estimate of drug-likeness (QED) is 0.845. The zero-order valence-electron chi connectivity index (χ0n) is 9.70. The standard InChI is InChI=1S/C12H10BrF2NO3/c13-7-5-9(15)8(14)4-6(7)11(17)16-3-1-2-10(16)12(18)19/h4-5,10H,1-3H2,(H,18,19)/t10-/m1/s1. The molecule has 7 heteroatoms. The first-order valence-electron chi connectivity index (χ1n) is 5.60. The molecule has 1 heterocycles. The Bertz CT molecular complexity index is 550. The summed E-state index contributed by atoms with van der Waals surface area (Å²) in [5.41, 5.74) is -0.0768. The lowest BCUT2D eigenvalue weighted by Gasteiger charge is -2.22. The van der Waals surface area contributed by atoms with E-state index in [1.165, 1.54) is 4.90 Å². The lowest BCUT2D eigenvalue weighted by Crippen LogP contribution is -2.40. The van der Waals surface area contributed by atoms with Crippen molar-refractivity contribution in [3.8, 4) is 0 Å². The van der Waals surface area contributed by atoms with Crippen LogP contribution in [0.1, 0.15) is 23.2 Å². The molecule has 1 fully saturated rings. The first kappa shape index (κ1) is 13.9. The first-order valence-corrected chi connectivity index (χ1v) is 6.39. The predicted octanol–water partition coefficient (Wildman–Crippen LogP) is 2.42. The number of nitrogens with zero attached hydrogens (tertiary/aromatic N) is 1. The SMILES string of the molecule is O=C(O)[C@H]1CCCN1C(=O)c1cc(F)c(F)cc1Br. The molecule has 4 nitrogen and oxygen atoms in total. The third-order valence-corrected chi connectivity index (χ3v) is 3.70. The van der Waals surface area contributed by atoms with Crippen molar-refractivity contribution in [3.05, 3.63) is 33.8 Å². The summed E-state index contributed by atoms with van der Waals surface area (Å²) in [7, 11) is 0. The molecule has 1 N–H and O–H groups in total. The molecule has 19 heavy (non-hydrogen) atoms. The summed E-state index contributed by atoms with van der Waals surface area (Å²) < 4.78 is 26.3. The predicted molar refractivity (Wildman–Crippen MR) is 65.8 cm³/mol. The van der Waals surface area contributed by atoms with Gasteiger partial charge < -0.3 is 10.0 Å². The van der Waals surface area contributed by atoms with E-state index < -0.39 is 29.6 Å². The Balaban J connectivity index is 2.34. The van der Waals surface area contributed by atoms with E-state index in [4.69, 9.17) is 5.11 Å². The second-order valence-corrected chi connectivity index (χ2v) is 5.10. The van der Waals surface area contributed by atoms with Gasteiger partial charge in [-0.3, -0.25) is 4.79 Å². The van der Waals surface area contributed by atoms with Crippen LogP contribution in [0.15, 0.2) is 16.6 Å². The van der Waals surface area contributed by atoms with Crippen LogP contribution in [0.25, 0.3) is 0 Å². The zero-order valence-corrected chi connectivity index (χ0v) is 11.3. The summed E-state index contributed by atoms with van der Waals surface area (Å²) in [4.78, 5) is 24.4. The molecule has 1 saturated heterocycles. The van der Waals surface area contributed by atoms with Gasteiger partial charge in [0.2, 0.25) is 0 Å². The van der Waals surface area contributed by atoms with Gasteiger partial charge in [0.25, 0.3) is 5.91 Å². The fourth-order valence-electron chi connectivity index (χ4n) is 2.11. The molecular weight excluding hydrogens is 324 g/mol. The van der Waals surface area contributed by atoms with E-state index in [1.54, 1.807) is 0 Å². The topological polar surface area (TPSA) is 57.6 Å². The number of hydrogen-bond donors (Lipinski definition) is 1. The van der Waals surface area contributed by atoms with Gasteiger partial charge >= 0.3 is 5.97 Å². The van der Waals surface area contributed by atoms with E-state index in [1.807, 2.05) is 0 Å². The molecule has 0 bridgehead atoms. The van der Waals surface area contributed by atoms with Gasteiger partial charge in [0.15, 0.2) is 11.6 Å². The monoisotopic (exact) mass is 333 g/mol. The Morgan fingerprint density at radius 3 is 2.58 bits per heavy atom. The molecule has 0 saturated carbocycles. The second-order valence-electron chi connectivity index (χ2n) is 4.24. The van der Waals surface area contributed by atoms with Gasteiger partial charge in [-0.1, -0.05) is 0 Å². The summed E-state index contributed by atoms with van der Waals surface area (Å²) in [6, 6.07) is 0.723. The van der Waals surface area contributed by atoms with Crippen LogP contribution in [0.5, 0.6) is 0 Å². The molecule has 1 amide bonds. The summed E-state index contributed by atoms with van der Waals surface area (Å²) >= 11 is 2.98. The number of rotatable bonds is 2. The van der Waals surface area contributed by atoms with Crippen LogP contribution in [-0.2, 0) is 4.79 Å². The molecule has 1 aromatic rings. The Morgan fingerprint density at radius 1 is 1.32 bits per heavy atom. The highest BCUT2D eigenvalue weighted by atomic mass is 79.9. The Morgan fingerprint density at radius 2 is 1.95 bits per heavy atom. The molecular formula is C12H10BrF2NO3. The van der Waals surface area contributed by atoms with Crippen molar-refractivity contribution in [1.29, 1.82) is 0 Å². The van der Waals surface area contributed by atoms with Crippen molar-refractivity contribution in [2.24, 2.45) is 0 Å². The van der Waals surface area contributed by atoms with Crippen LogP contribution in [0.2, 0.25) is 0 Å². The van der Waals surface area contributed by atoms with Crippen molar-refractivity contribution < 1.29 is 23.5 Å². The summed E-state index contributed by atoms with van der Waals surface area (Å²) in [6.07, 6.45) is 0.937. The highest BCUT2D eigenvalue weighted by Crippen LogP contribution is 2.26. The number of halogens is 3. The first-order chi connectivity index (χ1) is 8.91. The third kappa shape index (κ3) is 2.60. The number of carbonyl (C=O) groups is 2. The lowest BCUT2D eigenvalue weighted by molar-refractivity contribution is -0.141. The smallest absolute Gasteiger partial charge is 0.326 e. The molecule has 0 radical (unpaired) electrons. The lowest BCUT2D eigenvalue weighted by atomic mass is 10.1. The molecule has 0 unspecified atom stereocenters. The van der Waals surface area contributed by atoms with E-state index in [2.05, 4.69) is 15.9 Å². The minimum absolute atomic E-state index is 0.0768. The van der Waals surface area contributed by atoms with E-state index in [0.29, 0.717) is 19.4 Å². The summed E-state index contributed by atoms with van der Waals surface area (Å²) in [6.45, 7) is 0.293. The van der Waals surface area contributed by atoms with Gasteiger partial charge in [-0.2, -0.15) is 0 Å². The van der Waals surface area contributed by atoms with E-state index >= 15 is 0 Å². The normalized spacial score (nSPS) is 18.7. The van der Waals surface area contributed by atoms with Crippen LogP contribution in [0.3, 0.4) is 0 Å². The van der Waals surface area contributed by atoms with Crippen LogP contribution in [0, 0.1) is 11.6 Å². The fourth-order valence-corrected chi connectivity index (χ4v) is 2.59. The number of carbonyl (C=O) groups excluding carboxylic acids is 1. The molecule has 1 aromatic carbocycles. The molecule has 0 spiro atoms. The Hall–Kier alpha value is -1.50. The van der Waals surface area contributed by atoms with E-state index in [0.717, 1.165) is 12.1 Å². The average Bonchev–Trinajstić information content (AvgIpc) is 2.82. The molecule has 0 aromatic heterocycles. The van der Waals surface area contributed by atoms with Gasteiger partial charge in [-0.15, -0.1) is 0 Å². The van der Waals surface area contributed by atoms with Gasteiger partial charge in [-0.25, -0.2) is 13.6 Å². The number of aliphatic carboxylic acids is 1. The number of hydrogen-bond acceptors (Lipinski definition) is 2. The average molecular weight is 334 g/mol. The van der Waals surface area contributed by atoms with Gasteiger partial charge in [0, 0.05) is 11.0 Å². The molecule has 2 rings (SSSR count). The van der Waals surface area contributed by atoms with E-state index in [9.17, 15) is 18.4 Å². The highest BCUT2D eigenvalue weighted by molar-refractivity contribution is 9.10. The number of benzene rings is 1. The van der Waals surface area contributed by atoms with E-state index in [-0.39, 0.29) is 10.0 Å². The van der Waals surface area contributed by atoms with Crippen molar-refractivity contribution in [2.75, 3.05) is 6.54 Å². The minimum atomic E-state index is -1.14. The van der Waals surface area contributed by atoms with Gasteiger partial charge in [-0.05, 0) is 40.9 Å². The molecule has 0 aliphatic carbocycles. The largest absolute Gasteiger partial charge is 0.480 e. The summed E-state index contributed by atoms with van der Waals surface area (Å²) in [5, 5.41) is 9.01. The minimum Gasteiger partial charge on any atom is -0.480 e. The summed E-state index contributed by atoms with van der Waals surface area (Å²) in [5.74, 6) is -3.92. The maximum Gasteiger partial charge on any atom is 0.326 e. The van der Waals surface area contributed by atoms with Crippen molar-refractivity contribution in [2.45, 2.75) is 18.9 Å². The van der Waals surface area contributed by atoms with Crippen molar-refractivity contribution in [1.82, 2.24) is 4.90 Å². The number of carboxylic acids is 1. The zero-order chi connectivity index (χ0) is 14.2. The maximum atomic E-state index is 13.2. The molecule has 1 atom stereocenters. The van der Waals surface area contributed by atoms with Crippen LogP contribution >= 0.6 is 15.9 Å². The van der Waals surface area contributed by atoms with Gasteiger partial charge in [0.1, 0.15) is 6.04 Å². The Kier molecular flexibility index (Phi) is 3.84. The molecule has 102 valence electrons. The fraction of sp³-hybridized carbons (Fsp3) is 0.333. The van der Waals surface area contributed by atoms with Gasteiger partial charge in [0.05, 0.1) is 5.56 Å². The highest BCUT2D eigenvalue weighted by Gasteiger charge is 2.35. The number of amides is 1. The second kappa shape index (κ2) is 5.24. The van der Waals surface area contributed by atoms with Crippen molar-refractivity contribution in [3.63, 3.8) is 0 Å². The number of likely N-dealkylation sites (tertiary alicyclic amines) is 1. The third-order valence-electron chi connectivity index (χ3n) is 3.04. The van der Waals surface area contributed by atoms with Crippen LogP contribution < -0.4 is 0 Å². The van der Waals surface area contributed by atoms with Crippen LogP contribution in [0.4, 0.5) is 8.78 Å². The van der Waals surface area contributed by atoms with Crippen molar-refractivity contribution >= 4 is 27.8 Å². The van der Waals surface area contributed by atoms with Crippen LogP contribution in [-0.4, -0.2) is 34.5 Å². The molecule has 1 aliphatic rings.